The Labute approximate surface area is 127 Å². The van der Waals surface area contributed by atoms with E-state index in [4.69, 9.17) is 0 Å². The van der Waals surface area contributed by atoms with Crippen LogP contribution in [0, 0.1) is 11.8 Å². The summed E-state index contributed by atoms with van der Waals surface area (Å²) in [4.78, 5) is 10.4. The quantitative estimate of drug-likeness (QED) is 0.620. The average Bonchev–Trinajstić information content (AvgIpc) is 2.52. The molecule has 0 saturated heterocycles. The monoisotopic (exact) mass is 300 g/mol. The van der Waals surface area contributed by atoms with E-state index in [2.05, 4.69) is 16.6 Å². The Hall–Kier alpha value is -2.67. The van der Waals surface area contributed by atoms with Gasteiger partial charge in [-0.3, -0.25) is 0 Å². The molecule has 0 heterocycles. The lowest BCUT2D eigenvalue weighted by Gasteiger charge is -2.03. The van der Waals surface area contributed by atoms with E-state index in [0.717, 1.165) is 17.4 Å². The van der Waals surface area contributed by atoms with Crippen molar-refractivity contribution in [3.05, 3.63) is 65.2 Å². The maximum atomic E-state index is 12.0. The van der Waals surface area contributed by atoms with Crippen LogP contribution >= 0.6 is 0 Å². The van der Waals surface area contributed by atoms with Gasteiger partial charge >= 0.3 is 6.61 Å². The minimum atomic E-state index is -2.83. The summed E-state index contributed by atoms with van der Waals surface area (Å²) in [5.74, 6) is 6.08. The number of ether oxygens (including phenoxy) is 1. The van der Waals surface area contributed by atoms with Crippen molar-refractivity contribution in [1.29, 1.82) is 0 Å². The Morgan fingerprint density at radius 2 is 1.77 bits per heavy atom. The molecule has 0 aliphatic heterocycles. The highest BCUT2D eigenvalue weighted by Gasteiger charge is 2.02. The standard InChI is InChI=1S/C18H14F2O2/c19-18(20)22-17-10-8-14(9-11-17)6-7-16-4-1-3-15(13-16)5-2-12-21/h1,3-4,8-13,18H,2,5H2. The van der Waals surface area contributed by atoms with Gasteiger partial charge in [-0.1, -0.05) is 24.0 Å². The predicted molar refractivity (Wildman–Crippen MR) is 79.9 cm³/mol. The molecule has 0 aliphatic rings. The van der Waals surface area contributed by atoms with Crippen LogP contribution in [0.25, 0.3) is 0 Å². The molecule has 2 nitrogen and oxygen atoms in total. The zero-order chi connectivity index (χ0) is 15.8. The van der Waals surface area contributed by atoms with Gasteiger partial charge in [-0.05, 0) is 48.4 Å². The first kappa shape index (κ1) is 15.7. The van der Waals surface area contributed by atoms with Crippen LogP contribution in [0.1, 0.15) is 23.1 Å². The van der Waals surface area contributed by atoms with Crippen LogP contribution in [0.2, 0.25) is 0 Å². The van der Waals surface area contributed by atoms with E-state index in [1.165, 1.54) is 12.1 Å². The van der Waals surface area contributed by atoms with E-state index in [1.54, 1.807) is 12.1 Å². The highest BCUT2D eigenvalue weighted by Crippen LogP contribution is 2.14. The van der Waals surface area contributed by atoms with Crippen LogP contribution in [-0.2, 0) is 11.2 Å². The van der Waals surface area contributed by atoms with Crippen molar-refractivity contribution in [3.63, 3.8) is 0 Å². The van der Waals surface area contributed by atoms with Crippen LogP contribution < -0.4 is 4.74 Å². The third-order valence-electron chi connectivity index (χ3n) is 2.91. The first-order valence-corrected chi connectivity index (χ1v) is 6.77. The molecule has 0 atom stereocenters. The van der Waals surface area contributed by atoms with Crippen LogP contribution in [0.15, 0.2) is 48.5 Å². The summed E-state index contributed by atoms with van der Waals surface area (Å²) in [6.07, 6.45) is 2.07. The van der Waals surface area contributed by atoms with E-state index >= 15 is 0 Å². The van der Waals surface area contributed by atoms with Crippen molar-refractivity contribution in [1.82, 2.24) is 0 Å². The predicted octanol–water partition coefficient (Wildman–Crippen LogP) is 3.82. The molecule has 0 aliphatic carbocycles. The summed E-state index contributed by atoms with van der Waals surface area (Å²) in [5.41, 5.74) is 2.61. The molecule has 2 aromatic carbocycles. The Kier molecular flexibility index (Phi) is 5.67. The first-order chi connectivity index (χ1) is 10.7. The molecule has 0 saturated carbocycles. The number of carbonyl (C=O) groups is 1. The summed E-state index contributed by atoms with van der Waals surface area (Å²) in [6.45, 7) is -2.83. The lowest BCUT2D eigenvalue weighted by molar-refractivity contribution is -0.107. The molecule has 0 N–H and O–H groups in total. The largest absolute Gasteiger partial charge is 0.435 e. The van der Waals surface area contributed by atoms with E-state index in [-0.39, 0.29) is 5.75 Å². The first-order valence-electron chi connectivity index (χ1n) is 6.77. The van der Waals surface area contributed by atoms with Crippen molar-refractivity contribution in [2.24, 2.45) is 0 Å². The number of alkyl halides is 2. The second-order valence-corrected chi connectivity index (χ2v) is 4.56. The number of aldehydes is 1. The summed E-state index contributed by atoms with van der Waals surface area (Å²) < 4.78 is 28.4. The maximum Gasteiger partial charge on any atom is 0.387 e. The zero-order valence-corrected chi connectivity index (χ0v) is 11.8. The van der Waals surface area contributed by atoms with Crippen LogP contribution in [0.3, 0.4) is 0 Å². The molecule has 2 aromatic rings. The second-order valence-electron chi connectivity index (χ2n) is 4.56. The lowest BCUT2D eigenvalue weighted by Crippen LogP contribution is -2.01. The summed E-state index contributed by atoms with van der Waals surface area (Å²) >= 11 is 0. The molecule has 0 bridgehead atoms. The number of hydrogen-bond acceptors (Lipinski definition) is 2. The molecule has 0 aromatic heterocycles. The Morgan fingerprint density at radius 3 is 2.45 bits per heavy atom. The molecule has 22 heavy (non-hydrogen) atoms. The number of halogens is 2. The van der Waals surface area contributed by atoms with E-state index in [9.17, 15) is 13.6 Å². The Balaban J connectivity index is 2.07. The fourth-order valence-electron chi connectivity index (χ4n) is 1.89. The SMILES string of the molecule is O=CCCc1cccc(C#Cc2ccc(OC(F)F)cc2)c1. The highest BCUT2D eigenvalue weighted by molar-refractivity contribution is 5.50. The van der Waals surface area contributed by atoms with E-state index in [1.807, 2.05) is 24.3 Å². The van der Waals surface area contributed by atoms with Crippen molar-refractivity contribution in [2.75, 3.05) is 0 Å². The van der Waals surface area contributed by atoms with Crippen molar-refractivity contribution < 1.29 is 18.3 Å². The Morgan fingerprint density at radius 1 is 1.05 bits per heavy atom. The van der Waals surface area contributed by atoms with E-state index < -0.39 is 6.61 Å². The summed E-state index contributed by atoms with van der Waals surface area (Å²) in [5, 5.41) is 0. The minimum absolute atomic E-state index is 0.108. The number of carbonyl (C=O) groups excluding carboxylic acids is 1. The van der Waals surface area contributed by atoms with Crippen LogP contribution in [0.5, 0.6) is 5.75 Å². The van der Waals surface area contributed by atoms with Gasteiger partial charge < -0.3 is 9.53 Å². The van der Waals surface area contributed by atoms with Gasteiger partial charge in [0.15, 0.2) is 0 Å². The molecule has 2 rings (SSSR count). The van der Waals surface area contributed by atoms with E-state index in [0.29, 0.717) is 18.4 Å². The maximum absolute atomic E-state index is 12.0. The van der Waals surface area contributed by atoms with Gasteiger partial charge in [0.2, 0.25) is 0 Å². The van der Waals surface area contributed by atoms with Gasteiger partial charge in [-0.2, -0.15) is 8.78 Å². The molecule has 0 unspecified atom stereocenters. The van der Waals surface area contributed by atoms with Crippen molar-refractivity contribution >= 4 is 6.29 Å². The van der Waals surface area contributed by atoms with Gasteiger partial charge in [0.05, 0.1) is 0 Å². The molecule has 0 radical (unpaired) electrons. The number of benzene rings is 2. The highest BCUT2D eigenvalue weighted by atomic mass is 19.3. The molecule has 0 amide bonds. The van der Waals surface area contributed by atoms with Gasteiger partial charge in [-0.15, -0.1) is 0 Å². The summed E-state index contributed by atoms with van der Waals surface area (Å²) in [6, 6.07) is 13.8. The van der Waals surface area contributed by atoms with Gasteiger partial charge in [0, 0.05) is 17.5 Å². The lowest BCUT2D eigenvalue weighted by atomic mass is 10.1. The normalized spacial score (nSPS) is 9.95. The van der Waals surface area contributed by atoms with Crippen molar-refractivity contribution in [2.45, 2.75) is 19.5 Å². The average molecular weight is 300 g/mol. The fraction of sp³-hybridized carbons (Fsp3) is 0.167. The number of aryl methyl sites for hydroxylation is 1. The van der Waals surface area contributed by atoms with Crippen LogP contribution in [-0.4, -0.2) is 12.9 Å². The molecule has 0 fully saturated rings. The molecule has 112 valence electrons. The topological polar surface area (TPSA) is 26.3 Å². The van der Waals surface area contributed by atoms with Gasteiger partial charge in [0.25, 0.3) is 0 Å². The minimum Gasteiger partial charge on any atom is -0.435 e. The smallest absolute Gasteiger partial charge is 0.387 e. The number of rotatable bonds is 5. The molecular formula is C18H14F2O2. The third-order valence-corrected chi connectivity index (χ3v) is 2.91. The summed E-state index contributed by atoms with van der Waals surface area (Å²) in [7, 11) is 0. The molecule has 0 spiro atoms. The molecular weight excluding hydrogens is 286 g/mol. The fourth-order valence-corrected chi connectivity index (χ4v) is 1.89. The molecule has 4 heteroatoms. The number of hydrogen-bond donors (Lipinski definition) is 0. The zero-order valence-electron chi connectivity index (χ0n) is 11.8. The Bertz CT molecular complexity index is 682. The second kappa shape index (κ2) is 7.94. The van der Waals surface area contributed by atoms with Gasteiger partial charge in [0.1, 0.15) is 12.0 Å². The van der Waals surface area contributed by atoms with Gasteiger partial charge in [-0.25, -0.2) is 0 Å². The van der Waals surface area contributed by atoms with Crippen molar-refractivity contribution in [3.8, 4) is 17.6 Å². The van der Waals surface area contributed by atoms with Crippen LogP contribution in [0.4, 0.5) is 8.78 Å². The third kappa shape index (κ3) is 5.02.